The highest BCUT2D eigenvalue weighted by Crippen LogP contribution is 2.11. The number of hydrogen-bond acceptors (Lipinski definition) is 3. The first kappa shape index (κ1) is 9.68. The Bertz CT molecular complexity index is 279. The lowest BCUT2D eigenvalue weighted by molar-refractivity contribution is -0.0604. The lowest BCUT2D eigenvalue weighted by Crippen LogP contribution is -2.24. The average molecular weight is 196 g/mol. The second kappa shape index (κ2) is 4.57. The minimum Gasteiger partial charge on any atom is -0.381 e. The van der Waals surface area contributed by atoms with E-state index in [1.807, 2.05) is 17.7 Å². The molecule has 0 aromatic carbocycles. The van der Waals surface area contributed by atoms with Gasteiger partial charge in [-0.05, 0) is 25.8 Å². The standard InChI is InChI=1S/C10H16N2O2/c1-9-2-5-11-12(9)8-14-10-3-6-13-7-4-10/h2,5,10H,3-4,6-8H2,1H3. The van der Waals surface area contributed by atoms with E-state index in [0.717, 1.165) is 31.7 Å². The zero-order valence-corrected chi connectivity index (χ0v) is 8.48. The molecule has 0 radical (unpaired) electrons. The Labute approximate surface area is 83.8 Å². The van der Waals surface area contributed by atoms with Gasteiger partial charge in [-0.2, -0.15) is 5.10 Å². The Morgan fingerprint density at radius 2 is 2.36 bits per heavy atom. The van der Waals surface area contributed by atoms with Gasteiger partial charge in [0.25, 0.3) is 0 Å². The largest absolute Gasteiger partial charge is 0.381 e. The number of aromatic nitrogens is 2. The van der Waals surface area contributed by atoms with Gasteiger partial charge in [0.1, 0.15) is 6.73 Å². The van der Waals surface area contributed by atoms with Gasteiger partial charge in [-0.25, -0.2) is 4.68 Å². The quantitative estimate of drug-likeness (QED) is 0.732. The van der Waals surface area contributed by atoms with Crippen molar-refractivity contribution in [3.8, 4) is 0 Å². The summed E-state index contributed by atoms with van der Waals surface area (Å²) in [6.45, 7) is 4.23. The molecule has 2 rings (SSSR count). The van der Waals surface area contributed by atoms with Gasteiger partial charge >= 0.3 is 0 Å². The summed E-state index contributed by atoms with van der Waals surface area (Å²) in [5, 5.41) is 4.16. The smallest absolute Gasteiger partial charge is 0.139 e. The van der Waals surface area contributed by atoms with Gasteiger partial charge in [-0.1, -0.05) is 0 Å². The zero-order chi connectivity index (χ0) is 9.80. The van der Waals surface area contributed by atoms with Gasteiger partial charge in [0, 0.05) is 25.1 Å². The molecule has 78 valence electrons. The Kier molecular flexibility index (Phi) is 3.16. The first-order valence-electron chi connectivity index (χ1n) is 5.04. The van der Waals surface area contributed by atoms with Gasteiger partial charge in [0.05, 0.1) is 6.10 Å². The Hall–Kier alpha value is -0.870. The van der Waals surface area contributed by atoms with Crippen LogP contribution in [-0.2, 0) is 16.2 Å². The Balaban J connectivity index is 1.79. The van der Waals surface area contributed by atoms with Crippen molar-refractivity contribution in [3.05, 3.63) is 18.0 Å². The number of ether oxygens (including phenoxy) is 2. The monoisotopic (exact) mass is 196 g/mol. The highest BCUT2D eigenvalue weighted by Gasteiger charge is 2.14. The summed E-state index contributed by atoms with van der Waals surface area (Å²) in [7, 11) is 0. The average Bonchev–Trinajstić information content (AvgIpc) is 2.63. The molecular formula is C10H16N2O2. The normalized spacial score (nSPS) is 18.6. The lowest BCUT2D eigenvalue weighted by atomic mass is 10.2. The van der Waals surface area contributed by atoms with E-state index in [9.17, 15) is 0 Å². The maximum atomic E-state index is 5.73. The summed E-state index contributed by atoms with van der Waals surface area (Å²) < 4.78 is 12.9. The highest BCUT2D eigenvalue weighted by atomic mass is 16.5. The van der Waals surface area contributed by atoms with Crippen molar-refractivity contribution in [1.29, 1.82) is 0 Å². The first-order valence-corrected chi connectivity index (χ1v) is 5.04. The van der Waals surface area contributed by atoms with E-state index in [0.29, 0.717) is 12.8 Å². The van der Waals surface area contributed by atoms with Crippen molar-refractivity contribution < 1.29 is 9.47 Å². The molecule has 1 aliphatic rings. The summed E-state index contributed by atoms with van der Waals surface area (Å²) in [6, 6.07) is 1.98. The summed E-state index contributed by atoms with van der Waals surface area (Å²) in [5.41, 5.74) is 1.14. The van der Waals surface area contributed by atoms with Crippen molar-refractivity contribution in [3.63, 3.8) is 0 Å². The molecule has 0 unspecified atom stereocenters. The molecule has 4 heteroatoms. The van der Waals surface area contributed by atoms with E-state index < -0.39 is 0 Å². The Morgan fingerprint density at radius 3 is 3.00 bits per heavy atom. The zero-order valence-electron chi connectivity index (χ0n) is 8.48. The molecule has 0 saturated carbocycles. The van der Waals surface area contributed by atoms with Crippen LogP contribution in [0.4, 0.5) is 0 Å². The predicted molar refractivity (Wildman–Crippen MR) is 51.9 cm³/mol. The summed E-state index contributed by atoms with van der Waals surface area (Å²) >= 11 is 0. The van der Waals surface area contributed by atoms with E-state index in [2.05, 4.69) is 5.10 Å². The number of hydrogen-bond donors (Lipinski definition) is 0. The van der Waals surface area contributed by atoms with Crippen molar-refractivity contribution in [2.45, 2.75) is 32.6 Å². The molecule has 1 aromatic rings. The fraction of sp³-hybridized carbons (Fsp3) is 0.700. The molecule has 0 amide bonds. The molecule has 1 saturated heterocycles. The van der Waals surface area contributed by atoms with Gasteiger partial charge in [0.2, 0.25) is 0 Å². The van der Waals surface area contributed by atoms with Gasteiger partial charge in [0.15, 0.2) is 0 Å². The van der Waals surface area contributed by atoms with Crippen LogP contribution in [0.5, 0.6) is 0 Å². The second-order valence-corrected chi connectivity index (χ2v) is 3.58. The van der Waals surface area contributed by atoms with E-state index in [4.69, 9.17) is 9.47 Å². The molecule has 0 N–H and O–H groups in total. The lowest BCUT2D eigenvalue weighted by Gasteiger charge is -2.22. The number of rotatable bonds is 3. The van der Waals surface area contributed by atoms with Gasteiger partial charge in [-0.3, -0.25) is 0 Å². The predicted octanol–water partition coefficient (Wildman–Crippen LogP) is 1.34. The van der Waals surface area contributed by atoms with Crippen LogP contribution < -0.4 is 0 Å². The minimum atomic E-state index is 0.340. The maximum absolute atomic E-state index is 5.73. The second-order valence-electron chi connectivity index (χ2n) is 3.58. The first-order chi connectivity index (χ1) is 6.86. The van der Waals surface area contributed by atoms with Crippen LogP contribution >= 0.6 is 0 Å². The van der Waals surface area contributed by atoms with E-state index >= 15 is 0 Å². The third-order valence-electron chi connectivity index (χ3n) is 2.53. The molecule has 4 nitrogen and oxygen atoms in total. The molecule has 1 aliphatic heterocycles. The van der Waals surface area contributed by atoms with Crippen LogP contribution in [0.3, 0.4) is 0 Å². The molecule has 14 heavy (non-hydrogen) atoms. The summed E-state index contributed by atoms with van der Waals surface area (Å²) in [4.78, 5) is 0. The third-order valence-corrected chi connectivity index (χ3v) is 2.53. The maximum Gasteiger partial charge on any atom is 0.139 e. The van der Waals surface area contributed by atoms with Crippen LogP contribution in [0.25, 0.3) is 0 Å². The molecule has 0 spiro atoms. The topological polar surface area (TPSA) is 36.3 Å². The van der Waals surface area contributed by atoms with Crippen LogP contribution in [0, 0.1) is 6.92 Å². The van der Waals surface area contributed by atoms with Crippen LogP contribution in [0.15, 0.2) is 12.3 Å². The van der Waals surface area contributed by atoms with Crippen LogP contribution in [0.1, 0.15) is 18.5 Å². The molecule has 1 fully saturated rings. The molecule has 0 atom stereocenters. The molecule has 0 aliphatic carbocycles. The molecular weight excluding hydrogens is 180 g/mol. The fourth-order valence-electron chi connectivity index (χ4n) is 1.55. The van der Waals surface area contributed by atoms with Gasteiger partial charge in [-0.15, -0.1) is 0 Å². The number of nitrogens with zero attached hydrogens (tertiary/aromatic N) is 2. The van der Waals surface area contributed by atoms with E-state index in [1.165, 1.54) is 0 Å². The third kappa shape index (κ3) is 2.33. The van der Waals surface area contributed by atoms with Crippen LogP contribution in [-0.4, -0.2) is 29.1 Å². The molecule has 2 heterocycles. The number of aryl methyl sites for hydroxylation is 1. The molecule has 0 bridgehead atoms. The SMILES string of the molecule is Cc1ccnn1COC1CCOCC1. The summed E-state index contributed by atoms with van der Waals surface area (Å²) in [5.74, 6) is 0. The van der Waals surface area contributed by atoms with Crippen molar-refractivity contribution in [2.75, 3.05) is 13.2 Å². The summed E-state index contributed by atoms with van der Waals surface area (Å²) in [6.07, 6.45) is 4.14. The Morgan fingerprint density at radius 1 is 1.57 bits per heavy atom. The van der Waals surface area contributed by atoms with Crippen molar-refractivity contribution in [1.82, 2.24) is 9.78 Å². The highest BCUT2D eigenvalue weighted by molar-refractivity contribution is 4.95. The molecule has 1 aromatic heterocycles. The fourth-order valence-corrected chi connectivity index (χ4v) is 1.55. The van der Waals surface area contributed by atoms with Crippen molar-refractivity contribution >= 4 is 0 Å². The van der Waals surface area contributed by atoms with Crippen LogP contribution in [0.2, 0.25) is 0 Å². The van der Waals surface area contributed by atoms with E-state index in [1.54, 1.807) is 6.20 Å². The van der Waals surface area contributed by atoms with E-state index in [-0.39, 0.29) is 0 Å². The van der Waals surface area contributed by atoms with Gasteiger partial charge < -0.3 is 9.47 Å². The minimum absolute atomic E-state index is 0.340. The van der Waals surface area contributed by atoms with Crippen molar-refractivity contribution in [2.24, 2.45) is 0 Å².